The summed E-state index contributed by atoms with van der Waals surface area (Å²) in [6, 6.07) is 12.5. The van der Waals surface area contributed by atoms with E-state index in [9.17, 15) is 13.2 Å². The maximum absolute atomic E-state index is 13.6. The van der Waals surface area contributed by atoms with E-state index in [1.807, 2.05) is 24.3 Å². The van der Waals surface area contributed by atoms with Crippen LogP contribution in [-0.4, -0.2) is 32.3 Å². The molecule has 0 saturated carbocycles. The van der Waals surface area contributed by atoms with Crippen molar-refractivity contribution >= 4 is 21.6 Å². The molecule has 2 aromatic rings. The minimum atomic E-state index is -3.66. The predicted octanol–water partition coefficient (Wildman–Crippen LogP) is 3.89. The van der Waals surface area contributed by atoms with Gasteiger partial charge in [0.15, 0.2) is 0 Å². The van der Waals surface area contributed by atoms with Crippen LogP contribution in [0.25, 0.3) is 0 Å². The Balaban J connectivity index is 1.69. The first-order valence-electron chi connectivity index (χ1n) is 10.1. The lowest BCUT2D eigenvalue weighted by Gasteiger charge is -2.30. The molecule has 7 heteroatoms. The van der Waals surface area contributed by atoms with Crippen LogP contribution in [0.5, 0.6) is 5.75 Å². The molecule has 4 rings (SSSR count). The number of benzene rings is 2. The fraction of sp³-hybridized carbons (Fsp3) is 0.409. The van der Waals surface area contributed by atoms with E-state index in [-0.39, 0.29) is 11.9 Å². The second kappa shape index (κ2) is 8.16. The van der Waals surface area contributed by atoms with Gasteiger partial charge in [-0.1, -0.05) is 25.0 Å². The van der Waals surface area contributed by atoms with Crippen LogP contribution in [0.4, 0.5) is 5.69 Å². The lowest BCUT2D eigenvalue weighted by atomic mass is 10.0. The van der Waals surface area contributed by atoms with E-state index in [0.717, 1.165) is 42.6 Å². The quantitative estimate of drug-likeness (QED) is 0.824. The number of fused-ring (bicyclic) bond motifs is 1. The van der Waals surface area contributed by atoms with Gasteiger partial charge in [0.05, 0.1) is 18.0 Å². The molecule has 2 aliphatic rings. The summed E-state index contributed by atoms with van der Waals surface area (Å²) in [6.45, 7) is 0.507. The number of nitrogens with zero attached hydrogens (tertiary/aromatic N) is 1. The van der Waals surface area contributed by atoms with Crippen LogP contribution in [0.3, 0.4) is 0 Å². The zero-order valence-electron chi connectivity index (χ0n) is 16.6. The summed E-state index contributed by atoms with van der Waals surface area (Å²) in [6.07, 6.45) is 4.62. The van der Waals surface area contributed by atoms with Crippen LogP contribution in [0.1, 0.15) is 49.3 Å². The van der Waals surface area contributed by atoms with Gasteiger partial charge in [0.1, 0.15) is 5.75 Å². The first-order chi connectivity index (χ1) is 14.0. The summed E-state index contributed by atoms with van der Waals surface area (Å²) in [4.78, 5) is 11.9. The van der Waals surface area contributed by atoms with Gasteiger partial charge in [-0.05, 0) is 60.7 Å². The fourth-order valence-corrected chi connectivity index (χ4v) is 5.92. The highest BCUT2D eigenvalue weighted by Crippen LogP contribution is 2.36. The third-order valence-corrected chi connectivity index (χ3v) is 7.69. The highest BCUT2D eigenvalue weighted by molar-refractivity contribution is 7.89. The van der Waals surface area contributed by atoms with Crippen LogP contribution in [0.2, 0.25) is 0 Å². The van der Waals surface area contributed by atoms with Crippen LogP contribution < -0.4 is 10.1 Å². The lowest BCUT2D eigenvalue weighted by Crippen LogP contribution is -2.35. The zero-order chi connectivity index (χ0) is 20.4. The molecule has 0 bridgehead atoms. The molecule has 0 aromatic heterocycles. The number of aryl methyl sites for hydroxylation is 1. The van der Waals surface area contributed by atoms with E-state index in [4.69, 9.17) is 4.74 Å². The largest absolute Gasteiger partial charge is 0.497 e. The molecular weight excluding hydrogens is 388 g/mol. The Kier molecular flexibility index (Phi) is 5.61. The molecule has 0 aliphatic carbocycles. The van der Waals surface area contributed by atoms with Crippen LogP contribution in [-0.2, 0) is 21.2 Å². The van der Waals surface area contributed by atoms with Crippen molar-refractivity contribution in [2.45, 2.75) is 49.5 Å². The Morgan fingerprint density at radius 1 is 1.03 bits per heavy atom. The molecular formula is C22H26N2O4S. The highest BCUT2D eigenvalue weighted by Gasteiger charge is 2.34. The molecule has 1 saturated heterocycles. The average molecular weight is 415 g/mol. The number of methoxy groups -OCH3 is 1. The number of carbonyl (C=O) groups excluding carboxylic acids is 1. The molecule has 0 radical (unpaired) electrons. The van der Waals surface area contributed by atoms with Crippen molar-refractivity contribution in [3.63, 3.8) is 0 Å². The van der Waals surface area contributed by atoms with E-state index in [1.165, 1.54) is 0 Å². The predicted molar refractivity (Wildman–Crippen MR) is 111 cm³/mol. The fourth-order valence-electron chi connectivity index (χ4n) is 4.18. The summed E-state index contributed by atoms with van der Waals surface area (Å²) >= 11 is 0. The van der Waals surface area contributed by atoms with Crippen molar-refractivity contribution < 1.29 is 17.9 Å². The number of anilines is 1. The van der Waals surface area contributed by atoms with Crippen molar-refractivity contribution in [2.24, 2.45) is 0 Å². The monoisotopic (exact) mass is 414 g/mol. The Labute approximate surface area is 171 Å². The lowest BCUT2D eigenvalue weighted by molar-refractivity contribution is -0.116. The van der Waals surface area contributed by atoms with Gasteiger partial charge >= 0.3 is 0 Å². The standard InChI is InChI=1S/C22H26N2O4S/c1-28-18-9-6-16(7-10-18)21-5-3-2-4-14-24(21)29(26,27)19-11-12-20-17(15-19)8-13-22(25)23-20/h6-7,9-12,15,21H,2-5,8,13-14H2,1H3,(H,23,25). The van der Waals surface area contributed by atoms with Gasteiger partial charge in [0.2, 0.25) is 15.9 Å². The SMILES string of the molecule is COc1ccc(C2CCCCCN2S(=O)(=O)c2ccc3c(c2)CCC(=O)N3)cc1. The second-order valence-corrected chi connectivity index (χ2v) is 9.51. The van der Waals surface area contributed by atoms with Crippen LogP contribution in [0.15, 0.2) is 47.4 Å². The molecule has 2 heterocycles. The summed E-state index contributed by atoms with van der Waals surface area (Å²) in [5, 5.41) is 2.81. The first kappa shape index (κ1) is 19.9. The highest BCUT2D eigenvalue weighted by atomic mass is 32.2. The van der Waals surface area contributed by atoms with Crippen molar-refractivity contribution in [1.82, 2.24) is 4.31 Å². The third kappa shape index (κ3) is 4.02. The van der Waals surface area contributed by atoms with Crippen molar-refractivity contribution in [1.29, 1.82) is 0 Å². The third-order valence-electron chi connectivity index (χ3n) is 5.78. The van der Waals surface area contributed by atoms with Crippen LogP contribution >= 0.6 is 0 Å². The van der Waals surface area contributed by atoms with Gasteiger partial charge in [-0.3, -0.25) is 4.79 Å². The van der Waals surface area contributed by atoms with E-state index in [1.54, 1.807) is 29.6 Å². The molecule has 6 nitrogen and oxygen atoms in total. The molecule has 154 valence electrons. The molecule has 2 aliphatic heterocycles. The summed E-state index contributed by atoms with van der Waals surface area (Å²) in [7, 11) is -2.04. The molecule has 1 amide bonds. The molecule has 29 heavy (non-hydrogen) atoms. The Morgan fingerprint density at radius 2 is 1.83 bits per heavy atom. The van der Waals surface area contributed by atoms with Crippen LogP contribution in [0, 0.1) is 0 Å². The van der Waals surface area contributed by atoms with Crippen molar-refractivity contribution in [2.75, 3.05) is 19.0 Å². The summed E-state index contributed by atoms with van der Waals surface area (Å²) in [5.74, 6) is 0.730. The van der Waals surface area contributed by atoms with Gasteiger partial charge in [-0.2, -0.15) is 4.31 Å². The maximum Gasteiger partial charge on any atom is 0.243 e. The Morgan fingerprint density at radius 3 is 2.59 bits per heavy atom. The van der Waals surface area contributed by atoms with E-state index < -0.39 is 10.0 Å². The first-order valence-corrected chi connectivity index (χ1v) is 11.5. The van der Waals surface area contributed by atoms with Gasteiger partial charge in [-0.25, -0.2) is 8.42 Å². The maximum atomic E-state index is 13.6. The second-order valence-electron chi connectivity index (χ2n) is 7.62. The molecule has 2 aromatic carbocycles. The van der Waals surface area contributed by atoms with Gasteiger partial charge < -0.3 is 10.1 Å². The van der Waals surface area contributed by atoms with Gasteiger partial charge in [0.25, 0.3) is 0 Å². The Hall–Kier alpha value is -2.38. The number of rotatable bonds is 4. The van der Waals surface area contributed by atoms with Crippen molar-refractivity contribution in [3.05, 3.63) is 53.6 Å². The molecule has 1 unspecified atom stereocenters. The normalized spacial score (nSPS) is 20.4. The van der Waals surface area contributed by atoms with E-state index in [2.05, 4.69) is 5.32 Å². The number of hydrogen-bond donors (Lipinski definition) is 1. The summed E-state index contributed by atoms with van der Waals surface area (Å²) < 4.78 is 34.1. The number of hydrogen-bond acceptors (Lipinski definition) is 4. The van der Waals surface area contributed by atoms with Gasteiger partial charge in [-0.15, -0.1) is 0 Å². The number of amides is 1. The number of nitrogens with one attached hydrogen (secondary N) is 1. The van der Waals surface area contributed by atoms with E-state index >= 15 is 0 Å². The Bertz CT molecular complexity index is 1000. The number of ether oxygens (including phenoxy) is 1. The molecule has 1 atom stereocenters. The molecule has 0 spiro atoms. The zero-order valence-corrected chi connectivity index (χ0v) is 17.4. The topological polar surface area (TPSA) is 75.7 Å². The molecule has 1 N–H and O–H groups in total. The van der Waals surface area contributed by atoms with Crippen molar-refractivity contribution in [3.8, 4) is 5.75 Å². The average Bonchev–Trinajstić information content (AvgIpc) is 3.00. The van der Waals surface area contributed by atoms with Gasteiger partial charge in [0, 0.05) is 18.7 Å². The number of carbonyl (C=O) groups is 1. The minimum absolute atomic E-state index is 0.0276. The minimum Gasteiger partial charge on any atom is -0.497 e. The molecule has 1 fully saturated rings. The smallest absolute Gasteiger partial charge is 0.243 e. The van der Waals surface area contributed by atoms with E-state index in [0.29, 0.717) is 30.0 Å². The number of sulfonamides is 1. The summed E-state index contributed by atoms with van der Waals surface area (Å²) in [5.41, 5.74) is 2.57.